The first-order valence-corrected chi connectivity index (χ1v) is 11.4. The van der Waals surface area contributed by atoms with Crippen LogP contribution in [0.4, 0.5) is 25.1 Å². The van der Waals surface area contributed by atoms with Crippen LogP contribution in [0.2, 0.25) is 5.02 Å². The van der Waals surface area contributed by atoms with Crippen molar-refractivity contribution < 1.29 is 32.6 Å². The number of nitrogens with zero attached hydrogens (tertiary/aromatic N) is 3. The average molecular weight is 534 g/mol. The van der Waals surface area contributed by atoms with Crippen LogP contribution in [0, 0.1) is 11.8 Å². The van der Waals surface area contributed by atoms with E-state index < -0.39 is 41.8 Å². The smallest absolute Gasteiger partial charge is 0.413 e. The van der Waals surface area contributed by atoms with E-state index in [1.807, 2.05) is 0 Å². The number of halogens is 3. The molecule has 0 spiro atoms. The Morgan fingerprint density at radius 1 is 1.08 bits per heavy atom. The largest absolute Gasteiger partial charge is 0.469 e. The molecule has 13 heteroatoms. The number of carbonyl (C=O) groups excluding carboxylic acids is 3. The maximum atomic E-state index is 13.9. The summed E-state index contributed by atoms with van der Waals surface area (Å²) < 4.78 is 38.8. The summed E-state index contributed by atoms with van der Waals surface area (Å²) in [5.41, 5.74) is 1.69. The molecule has 0 aliphatic heterocycles. The fraction of sp³-hybridized carbons (Fsp3) is 0.292. The highest BCUT2D eigenvalue weighted by molar-refractivity contribution is 6.31. The highest BCUT2D eigenvalue weighted by Gasteiger charge is 2.76. The highest BCUT2D eigenvalue weighted by atomic mass is 35.5. The quantitative estimate of drug-likeness (QED) is 0.430. The van der Waals surface area contributed by atoms with Gasteiger partial charge in [-0.3, -0.25) is 14.9 Å². The van der Waals surface area contributed by atoms with Gasteiger partial charge in [-0.25, -0.2) is 18.3 Å². The summed E-state index contributed by atoms with van der Waals surface area (Å²) in [5, 5.41) is 13.4. The first-order valence-electron chi connectivity index (χ1n) is 11.0. The second-order valence-corrected chi connectivity index (χ2v) is 8.73. The number of esters is 1. The number of amides is 2. The molecule has 10 nitrogen and oxygen atoms in total. The summed E-state index contributed by atoms with van der Waals surface area (Å²) in [4.78, 5) is 36.3. The minimum atomic E-state index is -3.46. The Balaban J connectivity index is 1.43. The molecule has 2 N–H and O–H groups in total. The van der Waals surface area contributed by atoms with Crippen LogP contribution in [0.1, 0.15) is 18.6 Å². The fourth-order valence-corrected chi connectivity index (χ4v) is 4.14. The van der Waals surface area contributed by atoms with Crippen molar-refractivity contribution >= 4 is 41.1 Å². The minimum absolute atomic E-state index is 0.228. The SMILES string of the molecule is COC(=O)[C@@H]1[C@@H](C(=O)Nc2ccc(-c3nnn(C)c3NC(=O)O[C@H](C)c3ccccc3Cl)cc2)C1(F)F. The Morgan fingerprint density at radius 2 is 1.76 bits per heavy atom. The molecule has 1 saturated carbocycles. The lowest BCUT2D eigenvalue weighted by molar-refractivity contribution is -0.144. The summed E-state index contributed by atoms with van der Waals surface area (Å²) in [5.74, 6) is -8.95. The van der Waals surface area contributed by atoms with Gasteiger partial charge in [-0.2, -0.15) is 0 Å². The lowest BCUT2D eigenvalue weighted by atomic mass is 10.1. The van der Waals surface area contributed by atoms with Crippen molar-refractivity contribution in [3.05, 3.63) is 59.1 Å². The van der Waals surface area contributed by atoms with Crippen molar-refractivity contribution in [1.82, 2.24) is 15.0 Å². The van der Waals surface area contributed by atoms with Crippen LogP contribution in [0.5, 0.6) is 0 Å². The third-order valence-corrected chi connectivity index (χ3v) is 6.24. The molecule has 0 radical (unpaired) electrons. The second kappa shape index (κ2) is 10.1. The van der Waals surface area contributed by atoms with Gasteiger partial charge in [0.1, 0.15) is 23.6 Å². The number of carbonyl (C=O) groups is 3. The molecule has 1 aliphatic carbocycles. The Morgan fingerprint density at radius 3 is 2.41 bits per heavy atom. The number of methoxy groups -OCH3 is 1. The molecule has 3 aromatic rings. The van der Waals surface area contributed by atoms with Gasteiger partial charge in [0.2, 0.25) is 5.91 Å². The Hall–Kier alpha value is -4.06. The molecule has 1 fully saturated rings. The zero-order valence-corrected chi connectivity index (χ0v) is 20.6. The van der Waals surface area contributed by atoms with E-state index in [0.29, 0.717) is 21.8 Å². The van der Waals surface area contributed by atoms with Crippen LogP contribution >= 0.6 is 11.6 Å². The molecule has 194 valence electrons. The van der Waals surface area contributed by atoms with E-state index in [1.54, 1.807) is 50.4 Å². The number of ether oxygens (including phenoxy) is 2. The number of benzene rings is 2. The highest BCUT2D eigenvalue weighted by Crippen LogP contribution is 2.56. The summed E-state index contributed by atoms with van der Waals surface area (Å²) in [6.07, 6.45) is -1.38. The van der Waals surface area contributed by atoms with E-state index in [0.717, 1.165) is 7.11 Å². The Labute approximate surface area is 214 Å². The number of anilines is 2. The van der Waals surface area contributed by atoms with Crippen LogP contribution in [-0.2, 0) is 26.1 Å². The molecule has 1 aromatic heterocycles. The molecule has 0 saturated heterocycles. The predicted molar refractivity (Wildman–Crippen MR) is 129 cm³/mol. The predicted octanol–water partition coefficient (Wildman–Crippen LogP) is 4.44. The van der Waals surface area contributed by atoms with Crippen LogP contribution in [0.3, 0.4) is 0 Å². The van der Waals surface area contributed by atoms with Crippen molar-refractivity contribution in [1.29, 1.82) is 0 Å². The normalized spacial score (nSPS) is 18.4. The molecular formula is C24H22ClF2N5O5. The Kier molecular flexibility index (Phi) is 7.12. The van der Waals surface area contributed by atoms with E-state index >= 15 is 0 Å². The Bertz CT molecular complexity index is 1350. The number of alkyl halides is 2. The van der Waals surface area contributed by atoms with Gasteiger partial charge in [0.25, 0.3) is 5.92 Å². The van der Waals surface area contributed by atoms with E-state index in [1.165, 1.54) is 16.8 Å². The van der Waals surface area contributed by atoms with Gasteiger partial charge in [-0.05, 0) is 25.1 Å². The van der Waals surface area contributed by atoms with Gasteiger partial charge in [-0.15, -0.1) is 5.10 Å². The molecule has 1 heterocycles. The summed E-state index contributed by atoms with van der Waals surface area (Å²) >= 11 is 6.16. The maximum absolute atomic E-state index is 13.9. The first-order chi connectivity index (χ1) is 17.5. The number of nitrogens with one attached hydrogen (secondary N) is 2. The third kappa shape index (κ3) is 5.24. The van der Waals surface area contributed by atoms with Crippen molar-refractivity contribution in [3.63, 3.8) is 0 Å². The lowest BCUT2D eigenvalue weighted by Crippen LogP contribution is -2.18. The molecule has 0 bridgehead atoms. The number of aryl methyl sites for hydroxylation is 1. The first kappa shape index (κ1) is 26.0. The van der Waals surface area contributed by atoms with Gasteiger partial charge in [0, 0.05) is 28.9 Å². The van der Waals surface area contributed by atoms with Crippen LogP contribution in [0.15, 0.2) is 48.5 Å². The van der Waals surface area contributed by atoms with Crippen LogP contribution in [-0.4, -0.2) is 46.0 Å². The standard InChI is InChI=1S/C24H22ClF2N5O5/c1-12(15-6-4-5-7-16(15)25)37-23(35)29-20-19(30-31-32(20)2)13-8-10-14(11-9-13)28-21(33)17-18(22(34)36-3)24(17,26)27/h4-12,17-18H,1-3H3,(H,28,33)(H,29,35)/t12-,17+,18+/m1/s1. The van der Waals surface area contributed by atoms with E-state index in [9.17, 15) is 23.2 Å². The van der Waals surface area contributed by atoms with Crippen molar-refractivity contribution in [2.45, 2.75) is 19.0 Å². The van der Waals surface area contributed by atoms with Crippen LogP contribution in [0.25, 0.3) is 11.3 Å². The molecule has 1 aliphatic rings. The molecular weight excluding hydrogens is 512 g/mol. The summed E-state index contributed by atoms with van der Waals surface area (Å²) in [7, 11) is 2.56. The van der Waals surface area contributed by atoms with Gasteiger partial charge in [0.15, 0.2) is 5.82 Å². The fourth-order valence-electron chi connectivity index (χ4n) is 3.85. The van der Waals surface area contributed by atoms with E-state index in [2.05, 4.69) is 25.7 Å². The second-order valence-electron chi connectivity index (χ2n) is 8.32. The topological polar surface area (TPSA) is 124 Å². The van der Waals surface area contributed by atoms with E-state index in [4.69, 9.17) is 16.3 Å². The maximum Gasteiger partial charge on any atom is 0.413 e. The van der Waals surface area contributed by atoms with Crippen molar-refractivity contribution in [2.24, 2.45) is 18.9 Å². The molecule has 37 heavy (non-hydrogen) atoms. The van der Waals surface area contributed by atoms with Gasteiger partial charge < -0.3 is 14.8 Å². The molecule has 0 unspecified atom stereocenters. The van der Waals surface area contributed by atoms with Crippen LogP contribution < -0.4 is 10.6 Å². The molecule has 2 aromatic carbocycles. The molecule has 4 rings (SSSR count). The van der Waals surface area contributed by atoms with Gasteiger partial charge in [-0.1, -0.05) is 47.1 Å². The van der Waals surface area contributed by atoms with Gasteiger partial charge in [0.05, 0.1) is 7.11 Å². The monoisotopic (exact) mass is 533 g/mol. The number of aromatic nitrogens is 3. The van der Waals surface area contributed by atoms with Crippen molar-refractivity contribution in [2.75, 3.05) is 17.7 Å². The number of hydrogen-bond donors (Lipinski definition) is 2. The summed E-state index contributed by atoms with van der Waals surface area (Å²) in [6.45, 7) is 1.68. The average Bonchev–Trinajstić information content (AvgIpc) is 3.28. The zero-order chi connectivity index (χ0) is 26.9. The van der Waals surface area contributed by atoms with Gasteiger partial charge >= 0.3 is 12.1 Å². The van der Waals surface area contributed by atoms with E-state index in [-0.39, 0.29) is 11.5 Å². The minimum Gasteiger partial charge on any atom is -0.469 e. The molecule has 3 atom stereocenters. The number of rotatable bonds is 7. The molecule has 2 amide bonds. The third-order valence-electron chi connectivity index (χ3n) is 5.89. The number of hydrogen-bond acceptors (Lipinski definition) is 7. The van der Waals surface area contributed by atoms with Crippen molar-refractivity contribution in [3.8, 4) is 11.3 Å². The zero-order valence-electron chi connectivity index (χ0n) is 19.9. The summed E-state index contributed by atoms with van der Waals surface area (Å²) in [6, 6.07) is 13.0. The lowest BCUT2D eigenvalue weighted by Gasteiger charge is -2.15.